The molecule has 1 aromatic heterocycles. The fraction of sp³-hybridized carbons (Fsp3) is 0.273. The second kappa shape index (κ2) is 8.86. The maximum atomic E-state index is 13.9. The summed E-state index contributed by atoms with van der Waals surface area (Å²) < 4.78 is 27.8. The lowest BCUT2D eigenvalue weighted by Crippen LogP contribution is -2.21. The Kier molecular flexibility index (Phi) is 6.26. The first-order valence-electron chi connectivity index (χ1n) is 9.60. The minimum absolute atomic E-state index is 0.119. The zero-order chi connectivity index (χ0) is 21.0. The summed E-state index contributed by atoms with van der Waals surface area (Å²) in [4.78, 5) is 10.9. The van der Waals surface area contributed by atoms with Crippen LogP contribution in [0.15, 0.2) is 42.5 Å². The molecule has 0 aliphatic rings. The van der Waals surface area contributed by atoms with E-state index in [-0.39, 0.29) is 11.6 Å². The Hall–Kier alpha value is -3.22. The Labute approximate surface area is 169 Å². The molecule has 0 radical (unpaired) electrons. The Balaban J connectivity index is 1.85. The maximum absolute atomic E-state index is 13.9. The molecule has 0 amide bonds. The highest BCUT2D eigenvalue weighted by Crippen LogP contribution is 2.27. The van der Waals surface area contributed by atoms with Crippen molar-refractivity contribution in [1.82, 2.24) is 9.97 Å². The normalized spacial score (nSPS) is 10.7. The molecule has 2 aromatic carbocycles. The number of nitrogens with zero attached hydrogens (tertiary/aromatic N) is 3. The minimum Gasteiger partial charge on any atom is -0.372 e. The molecular formula is C22H25F2N5. The molecule has 3 aromatic rings. The van der Waals surface area contributed by atoms with Gasteiger partial charge in [0.25, 0.3) is 0 Å². The molecule has 1 heterocycles. The van der Waals surface area contributed by atoms with E-state index in [1.165, 1.54) is 18.2 Å². The quantitative estimate of drug-likeness (QED) is 0.535. The smallest absolute Gasteiger partial charge is 0.229 e. The van der Waals surface area contributed by atoms with Crippen LogP contribution in [0.4, 0.5) is 37.6 Å². The number of aromatic nitrogens is 2. The van der Waals surface area contributed by atoms with Gasteiger partial charge in [-0.3, -0.25) is 0 Å². The van der Waals surface area contributed by atoms with Crippen molar-refractivity contribution in [2.24, 2.45) is 0 Å². The van der Waals surface area contributed by atoms with Crippen molar-refractivity contribution in [3.05, 3.63) is 65.4 Å². The third-order valence-electron chi connectivity index (χ3n) is 4.66. The van der Waals surface area contributed by atoms with Crippen molar-refractivity contribution in [3.63, 3.8) is 0 Å². The summed E-state index contributed by atoms with van der Waals surface area (Å²) in [5.41, 5.74) is 3.53. The van der Waals surface area contributed by atoms with Gasteiger partial charge in [-0.25, -0.2) is 13.8 Å². The van der Waals surface area contributed by atoms with Crippen LogP contribution in [0.1, 0.15) is 25.1 Å². The van der Waals surface area contributed by atoms with Gasteiger partial charge in [0.1, 0.15) is 23.1 Å². The van der Waals surface area contributed by atoms with Gasteiger partial charge in [-0.15, -0.1) is 0 Å². The van der Waals surface area contributed by atoms with Crippen LogP contribution in [-0.4, -0.2) is 23.1 Å². The van der Waals surface area contributed by atoms with Crippen LogP contribution in [0.5, 0.6) is 0 Å². The van der Waals surface area contributed by atoms with Crippen molar-refractivity contribution in [2.75, 3.05) is 28.6 Å². The highest BCUT2D eigenvalue weighted by Gasteiger charge is 2.12. The molecule has 0 bridgehead atoms. The predicted molar refractivity (Wildman–Crippen MR) is 114 cm³/mol. The van der Waals surface area contributed by atoms with Crippen molar-refractivity contribution in [3.8, 4) is 0 Å². The largest absolute Gasteiger partial charge is 0.372 e. The monoisotopic (exact) mass is 397 g/mol. The second-order valence-electron chi connectivity index (χ2n) is 6.74. The third kappa shape index (κ3) is 4.80. The van der Waals surface area contributed by atoms with E-state index in [1.807, 2.05) is 13.0 Å². The van der Waals surface area contributed by atoms with E-state index < -0.39 is 11.6 Å². The fourth-order valence-electron chi connectivity index (χ4n) is 3.13. The lowest BCUT2D eigenvalue weighted by atomic mass is 10.1. The number of nitrogens with one attached hydrogen (secondary N) is 2. The molecule has 0 spiro atoms. The standard InChI is InChI=1S/C22H25F2N5/c1-5-29(6-2)16-10-11-19(14(3)12-16)26-20-13-15(4)25-22(27-20)28-21-17(23)8-7-9-18(21)24/h7-13H,5-6H2,1-4H3,(H2,25,26,27,28). The Morgan fingerprint density at radius 1 is 0.897 bits per heavy atom. The van der Waals surface area contributed by atoms with E-state index in [2.05, 4.69) is 51.5 Å². The van der Waals surface area contributed by atoms with E-state index >= 15 is 0 Å². The Morgan fingerprint density at radius 2 is 1.59 bits per heavy atom. The molecule has 2 N–H and O–H groups in total. The van der Waals surface area contributed by atoms with Crippen LogP contribution in [-0.2, 0) is 0 Å². The summed E-state index contributed by atoms with van der Waals surface area (Å²) in [5, 5.41) is 5.92. The zero-order valence-corrected chi connectivity index (χ0v) is 17.1. The first-order chi connectivity index (χ1) is 13.9. The molecule has 5 nitrogen and oxygen atoms in total. The molecule has 0 saturated heterocycles. The molecule has 0 unspecified atom stereocenters. The summed E-state index contributed by atoms with van der Waals surface area (Å²) in [5.74, 6) is -0.746. The number of benzene rings is 2. The van der Waals surface area contributed by atoms with E-state index in [1.54, 1.807) is 13.0 Å². The van der Waals surface area contributed by atoms with E-state index in [0.717, 1.165) is 30.0 Å². The number of para-hydroxylation sites is 1. The van der Waals surface area contributed by atoms with Crippen molar-refractivity contribution >= 4 is 28.8 Å². The van der Waals surface area contributed by atoms with Gasteiger partial charge in [0, 0.05) is 36.2 Å². The lowest BCUT2D eigenvalue weighted by Gasteiger charge is -2.22. The van der Waals surface area contributed by atoms with E-state index in [9.17, 15) is 8.78 Å². The van der Waals surface area contributed by atoms with Crippen LogP contribution >= 0.6 is 0 Å². The SMILES string of the molecule is CCN(CC)c1ccc(Nc2cc(C)nc(Nc3c(F)cccc3F)n2)c(C)c1. The van der Waals surface area contributed by atoms with E-state index in [0.29, 0.717) is 11.5 Å². The Morgan fingerprint density at radius 3 is 2.21 bits per heavy atom. The molecule has 0 saturated carbocycles. The highest BCUT2D eigenvalue weighted by atomic mass is 19.1. The van der Waals surface area contributed by atoms with Crippen molar-refractivity contribution < 1.29 is 8.78 Å². The lowest BCUT2D eigenvalue weighted by molar-refractivity contribution is 0.590. The van der Waals surface area contributed by atoms with Gasteiger partial charge in [-0.05, 0) is 63.6 Å². The summed E-state index contributed by atoms with van der Waals surface area (Å²) in [7, 11) is 0. The summed E-state index contributed by atoms with van der Waals surface area (Å²) in [6, 6.07) is 11.6. The number of rotatable bonds is 7. The maximum Gasteiger partial charge on any atom is 0.229 e. The molecule has 0 fully saturated rings. The molecule has 7 heteroatoms. The summed E-state index contributed by atoms with van der Waals surface area (Å²) >= 11 is 0. The fourth-order valence-corrected chi connectivity index (χ4v) is 3.13. The van der Waals surface area contributed by atoms with Gasteiger partial charge in [0.05, 0.1) is 0 Å². The number of aryl methyl sites for hydroxylation is 2. The second-order valence-corrected chi connectivity index (χ2v) is 6.74. The molecular weight excluding hydrogens is 372 g/mol. The molecule has 0 atom stereocenters. The number of hydrogen-bond acceptors (Lipinski definition) is 5. The number of anilines is 5. The van der Waals surface area contributed by atoms with E-state index in [4.69, 9.17) is 0 Å². The molecule has 3 rings (SSSR count). The zero-order valence-electron chi connectivity index (χ0n) is 17.1. The minimum atomic E-state index is -0.701. The van der Waals surface area contributed by atoms with Crippen LogP contribution in [0.2, 0.25) is 0 Å². The average molecular weight is 397 g/mol. The van der Waals surface area contributed by atoms with Gasteiger partial charge < -0.3 is 15.5 Å². The highest BCUT2D eigenvalue weighted by molar-refractivity contribution is 5.66. The van der Waals surface area contributed by atoms with Crippen LogP contribution in [0.3, 0.4) is 0 Å². The van der Waals surface area contributed by atoms with Crippen LogP contribution in [0, 0.1) is 25.5 Å². The van der Waals surface area contributed by atoms with Gasteiger partial charge in [0.15, 0.2) is 0 Å². The summed E-state index contributed by atoms with van der Waals surface area (Å²) in [6.45, 7) is 9.96. The molecule has 152 valence electrons. The average Bonchev–Trinajstić information content (AvgIpc) is 2.67. The number of halogens is 2. The van der Waals surface area contributed by atoms with Gasteiger partial charge in [0.2, 0.25) is 5.95 Å². The first kappa shape index (κ1) is 20.5. The van der Waals surface area contributed by atoms with Gasteiger partial charge >= 0.3 is 0 Å². The molecule has 0 aliphatic heterocycles. The van der Waals surface area contributed by atoms with Crippen LogP contribution in [0.25, 0.3) is 0 Å². The van der Waals surface area contributed by atoms with Gasteiger partial charge in [-0.1, -0.05) is 6.07 Å². The van der Waals surface area contributed by atoms with Crippen molar-refractivity contribution in [2.45, 2.75) is 27.7 Å². The Bertz CT molecular complexity index is 982. The van der Waals surface area contributed by atoms with Crippen LogP contribution < -0.4 is 15.5 Å². The predicted octanol–water partition coefficient (Wildman–Crippen LogP) is 5.71. The molecule has 0 aliphatic carbocycles. The third-order valence-corrected chi connectivity index (χ3v) is 4.66. The molecule has 29 heavy (non-hydrogen) atoms. The number of hydrogen-bond donors (Lipinski definition) is 2. The van der Waals surface area contributed by atoms with Gasteiger partial charge in [-0.2, -0.15) is 4.98 Å². The first-order valence-corrected chi connectivity index (χ1v) is 9.60. The summed E-state index contributed by atoms with van der Waals surface area (Å²) in [6.07, 6.45) is 0. The topological polar surface area (TPSA) is 53.1 Å². The van der Waals surface area contributed by atoms with Crippen molar-refractivity contribution in [1.29, 1.82) is 0 Å².